The SMILES string of the molecule is Cl.Cl.NC[C@H]1CCC[C@H]1C(=O)Nc1cccc(NC(=O)CN2CCCCCC2)c1. The number of rotatable bonds is 6. The number of anilines is 2. The van der Waals surface area contributed by atoms with Gasteiger partial charge in [0.15, 0.2) is 0 Å². The van der Waals surface area contributed by atoms with Gasteiger partial charge in [0.1, 0.15) is 0 Å². The van der Waals surface area contributed by atoms with Crippen LogP contribution in [0.2, 0.25) is 0 Å². The number of carbonyl (C=O) groups excluding carboxylic acids is 2. The summed E-state index contributed by atoms with van der Waals surface area (Å²) in [6.45, 7) is 2.97. The van der Waals surface area contributed by atoms with Crippen molar-refractivity contribution in [2.24, 2.45) is 17.6 Å². The van der Waals surface area contributed by atoms with E-state index in [1.54, 1.807) is 0 Å². The summed E-state index contributed by atoms with van der Waals surface area (Å²) in [5, 5.41) is 5.96. The van der Waals surface area contributed by atoms with Crippen molar-refractivity contribution in [2.45, 2.75) is 44.9 Å². The van der Waals surface area contributed by atoms with E-state index in [1.165, 1.54) is 25.7 Å². The lowest BCUT2D eigenvalue weighted by Gasteiger charge is -2.19. The number of hydrogen-bond acceptors (Lipinski definition) is 4. The number of amides is 2. The molecule has 0 spiro atoms. The molecule has 1 aromatic rings. The van der Waals surface area contributed by atoms with Gasteiger partial charge in [-0.25, -0.2) is 0 Å². The van der Waals surface area contributed by atoms with Crippen LogP contribution in [-0.2, 0) is 9.59 Å². The van der Waals surface area contributed by atoms with Gasteiger partial charge in [0.25, 0.3) is 0 Å². The first-order valence-corrected chi connectivity index (χ1v) is 10.3. The molecule has 0 aromatic heterocycles. The van der Waals surface area contributed by atoms with E-state index in [0.29, 0.717) is 13.1 Å². The monoisotopic (exact) mass is 444 g/mol. The van der Waals surface area contributed by atoms with E-state index in [1.807, 2.05) is 24.3 Å². The molecule has 29 heavy (non-hydrogen) atoms. The average Bonchev–Trinajstić information content (AvgIpc) is 2.99. The summed E-state index contributed by atoms with van der Waals surface area (Å²) in [6.07, 6.45) is 7.84. The van der Waals surface area contributed by atoms with Crippen molar-refractivity contribution in [3.8, 4) is 0 Å². The van der Waals surface area contributed by atoms with Crippen LogP contribution in [0.15, 0.2) is 24.3 Å². The van der Waals surface area contributed by atoms with Crippen molar-refractivity contribution < 1.29 is 9.59 Å². The molecule has 164 valence electrons. The van der Waals surface area contributed by atoms with Crippen LogP contribution in [0, 0.1) is 11.8 Å². The molecule has 1 saturated carbocycles. The Labute approximate surface area is 186 Å². The van der Waals surface area contributed by atoms with E-state index < -0.39 is 0 Å². The van der Waals surface area contributed by atoms with Gasteiger partial charge in [-0.1, -0.05) is 25.3 Å². The third-order valence-corrected chi connectivity index (χ3v) is 5.78. The number of benzene rings is 1. The predicted molar refractivity (Wildman–Crippen MR) is 123 cm³/mol. The molecule has 2 aliphatic rings. The Morgan fingerprint density at radius 2 is 1.62 bits per heavy atom. The van der Waals surface area contributed by atoms with Crippen molar-refractivity contribution in [2.75, 3.05) is 36.8 Å². The second kappa shape index (κ2) is 13.1. The van der Waals surface area contributed by atoms with Gasteiger partial charge >= 0.3 is 0 Å². The fourth-order valence-electron chi connectivity index (χ4n) is 4.27. The van der Waals surface area contributed by atoms with E-state index in [-0.39, 0.29) is 48.5 Å². The highest BCUT2D eigenvalue weighted by atomic mass is 35.5. The molecule has 0 bridgehead atoms. The fraction of sp³-hybridized carbons (Fsp3) is 0.619. The van der Waals surface area contributed by atoms with Crippen LogP contribution in [0.25, 0.3) is 0 Å². The van der Waals surface area contributed by atoms with E-state index in [9.17, 15) is 9.59 Å². The molecule has 1 saturated heterocycles. The fourth-order valence-corrected chi connectivity index (χ4v) is 4.27. The van der Waals surface area contributed by atoms with Crippen LogP contribution >= 0.6 is 24.8 Å². The highest BCUT2D eigenvalue weighted by molar-refractivity contribution is 5.95. The zero-order valence-corrected chi connectivity index (χ0v) is 18.5. The first-order chi connectivity index (χ1) is 13.2. The number of halogens is 2. The number of likely N-dealkylation sites (tertiary alicyclic amines) is 1. The Morgan fingerprint density at radius 3 is 2.28 bits per heavy atom. The number of hydrogen-bond donors (Lipinski definition) is 3. The highest BCUT2D eigenvalue weighted by Gasteiger charge is 2.31. The first kappa shape index (κ1) is 25.7. The molecule has 0 unspecified atom stereocenters. The van der Waals surface area contributed by atoms with Crippen LogP contribution < -0.4 is 16.4 Å². The molecule has 0 radical (unpaired) electrons. The second-order valence-electron chi connectivity index (χ2n) is 7.84. The predicted octanol–water partition coefficient (Wildman–Crippen LogP) is 3.66. The number of carbonyl (C=O) groups is 2. The molecule has 2 amide bonds. The van der Waals surface area contributed by atoms with Gasteiger partial charge in [-0.15, -0.1) is 24.8 Å². The van der Waals surface area contributed by atoms with E-state index >= 15 is 0 Å². The molecule has 4 N–H and O–H groups in total. The van der Waals surface area contributed by atoms with Gasteiger partial charge in [0, 0.05) is 17.3 Å². The average molecular weight is 445 g/mol. The summed E-state index contributed by atoms with van der Waals surface area (Å²) >= 11 is 0. The summed E-state index contributed by atoms with van der Waals surface area (Å²) in [6, 6.07) is 7.39. The smallest absolute Gasteiger partial charge is 0.238 e. The number of nitrogens with two attached hydrogens (primary N) is 1. The van der Waals surface area contributed by atoms with E-state index in [0.717, 1.165) is 43.7 Å². The molecule has 1 aliphatic carbocycles. The van der Waals surface area contributed by atoms with Crippen molar-refractivity contribution in [1.82, 2.24) is 4.90 Å². The van der Waals surface area contributed by atoms with Crippen molar-refractivity contribution in [3.63, 3.8) is 0 Å². The summed E-state index contributed by atoms with van der Waals surface area (Å²) in [7, 11) is 0. The summed E-state index contributed by atoms with van der Waals surface area (Å²) < 4.78 is 0. The van der Waals surface area contributed by atoms with Crippen LogP contribution in [0.3, 0.4) is 0 Å². The van der Waals surface area contributed by atoms with Gasteiger partial charge < -0.3 is 16.4 Å². The highest BCUT2D eigenvalue weighted by Crippen LogP contribution is 2.32. The van der Waals surface area contributed by atoms with Crippen LogP contribution in [0.4, 0.5) is 11.4 Å². The van der Waals surface area contributed by atoms with Crippen molar-refractivity contribution >= 4 is 48.0 Å². The first-order valence-electron chi connectivity index (χ1n) is 10.3. The molecular weight excluding hydrogens is 411 g/mol. The molecule has 1 heterocycles. The van der Waals surface area contributed by atoms with Gasteiger partial charge in [-0.05, 0) is 69.4 Å². The minimum Gasteiger partial charge on any atom is -0.330 e. The molecule has 1 aromatic carbocycles. The molecule has 3 rings (SSSR count). The molecule has 6 nitrogen and oxygen atoms in total. The maximum atomic E-state index is 12.6. The molecular formula is C21H34Cl2N4O2. The third-order valence-electron chi connectivity index (χ3n) is 5.78. The summed E-state index contributed by atoms with van der Waals surface area (Å²) in [4.78, 5) is 27.1. The molecule has 2 atom stereocenters. The van der Waals surface area contributed by atoms with Crippen LogP contribution in [0.1, 0.15) is 44.9 Å². The maximum Gasteiger partial charge on any atom is 0.238 e. The summed E-state index contributed by atoms with van der Waals surface area (Å²) in [5.41, 5.74) is 7.22. The zero-order chi connectivity index (χ0) is 19.1. The standard InChI is InChI=1S/C21H32N4O2.2ClH/c22-14-16-7-5-10-19(16)21(27)24-18-9-6-8-17(13-18)23-20(26)15-25-11-3-1-2-4-12-25;;/h6,8-9,13,16,19H,1-5,7,10-12,14-15,22H2,(H,23,26)(H,24,27);2*1H/t16-,19-;;/m1../s1. The molecule has 1 aliphatic heterocycles. The second-order valence-corrected chi connectivity index (χ2v) is 7.84. The Kier molecular flexibility index (Phi) is 11.6. The van der Waals surface area contributed by atoms with Crippen molar-refractivity contribution in [3.05, 3.63) is 24.3 Å². The Bertz CT molecular complexity index is 651. The largest absolute Gasteiger partial charge is 0.330 e. The van der Waals surface area contributed by atoms with Gasteiger partial charge in [0.2, 0.25) is 11.8 Å². The van der Waals surface area contributed by atoms with Gasteiger partial charge in [-0.2, -0.15) is 0 Å². The minimum absolute atomic E-state index is 0. The van der Waals surface area contributed by atoms with Crippen LogP contribution in [0.5, 0.6) is 0 Å². The van der Waals surface area contributed by atoms with E-state index in [2.05, 4.69) is 15.5 Å². The van der Waals surface area contributed by atoms with Crippen molar-refractivity contribution in [1.29, 1.82) is 0 Å². The third kappa shape index (κ3) is 7.78. The Morgan fingerprint density at radius 1 is 0.966 bits per heavy atom. The van der Waals surface area contributed by atoms with E-state index in [4.69, 9.17) is 5.73 Å². The Balaban J connectivity index is 0.00000210. The number of nitrogens with zero attached hydrogens (tertiary/aromatic N) is 1. The lowest BCUT2D eigenvalue weighted by atomic mass is 9.95. The minimum atomic E-state index is -0.00344. The zero-order valence-electron chi connectivity index (χ0n) is 16.9. The molecule has 2 fully saturated rings. The van der Waals surface area contributed by atoms with Gasteiger partial charge in [-0.3, -0.25) is 14.5 Å². The van der Waals surface area contributed by atoms with Gasteiger partial charge in [0.05, 0.1) is 6.54 Å². The normalized spacial score (nSPS) is 22.0. The maximum absolute atomic E-state index is 12.6. The summed E-state index contributed by atoms with van der Waals surface area (Å²) in [5.74, 6) is 0.313. The quantitative estimate of drug-likeness (QED) is 0.624. The number of nitrogens with one attached hydrogen (secondary N) is 2. The lowest BCUT2D eigenvalue weighted by molar-refractivity contribution is -0.120. The lowest BCUT2D eigenvalue weighted by Crippen LogP contribution is -2.34. The topological polar surface area (TPSA) is 87.5 Å². The Hall–Kier alpha value is -1.34. The van der Waals surface area contributed by atoms with Crippen LogP contribution in [-0.4, -0.2) is 42.9 Å². The molecule has 8 heteroatoms.